The van der Waals surface area contributed by atoms with Crippen LogP contribution in [0, 0.1) is 6.92 Å². The molecule has 1 heterocycles. The van der Waals surface area contributed by atoms with E-state index < -0.39 is 0 Å². The van der Waals surface area contributed by atoms with Gasteiger partial charge in [-0.05, 0) is 55.3 Å². The summed E-state index contributed by atoms with van der Waals surface area (Å²) in [7, 11) is 1.61. The highest BCUT2D eigenvalue weighted by molar-refractivity contribution is 6.31. The normalized spacial score (nSPS) is 10.7. The van der Waals surface area contributed by atoms with Crippen LogP contribution in [0.5, 0.6) is 11.5 Å². The van der Waals surface area contributed by atoms with E-state index in [2.05, 4.69) is 10.4 Å². The molecule has 0 aliphatic rings. The van der Waals surface area contributed by atoms with Crippen LogP contribution in [0.25, 0.3) is 5.69 Å². The van der Waals surface area contributed by atoms with Crippen LogP contribution in [0.1, 0.15) is 28.5 Å². The summed E-state index contributed by atoms with van der Waals surface area (Å²) < 4.78 is 6.89. The molecule has 3 aromatic rings. The Labute approximate surface area is 162 Å². The molecule has 6 nitrogen and oxygen atoms in total. The van der Waals surface area contributed by atoms with Gasteiger partial charge in [0.25, 0.3) is 5.91 Å². The average Bonchev–Trinajstić information content (AvgIpc) is 3.10. The van der Waals surface area contributed by atoms with Gasteiger partial charge in [-0.25, -0.2) is 4.68 Å². The number of phenols is 1. The van der Waals surface area contributed by atoms with Gasteiger partial charge in [0.2, 0.25) is 0 Å². The fraction of sp³-hybridized carbons (Fsp3) is 0.200. The number of nitrogens with zero attached hydrogens (tertiary/aromatic N) is 2. The number of rotatable bonds is 5. The predicted molar refractivity (Wildman–Crippen MR) is 105 cm³/mol. The zero-order valence-corrected chi connectivity index (χ0v) is 16.0. The molecule has 0 aliphatic carbocycles. The lowest BCUT2D eigenvalue weighted by Gasteiger charge is -2.11. The SMILES string of the molecule is CCc1c(C(=O)Nc2cc(Cl)c(C)cc2O)cnn1-c1ccc(OC)cc1. The van der Waals surface area contributed by atoms with Crippen molar-refractivity contribution in [3.05, 3.63) is 64.4 Å². The highest BCUT2D eigenvalue weighted by Gasteiger charge is 2.19. The zero-order chi connectivity index (χ0) is 19.6. The molecule has 27 heavy (non-hydrogen) atoms. The summed E-state index contributed by atoms with van der Waals surface area (Å²) in [5, 5.41) is 17.6. The third kappa shape index (κ3) is 3.75. The van der Waals surface area contributed by atoms with Crippen molar-refractivity contribution in [1.82, 2.24) is 9.78 Å². The van der Waals surface area contributed by atoms with E-state index in [9.17, 15) is 9.90 Å². The number of halogens is 1. The first-order chi connectivity index (χ1) is 12.9. The Kier molecular flexibility index (Phi) is 5.37. The number of anilines is 1. The number of aromatic nitrogens is 2. The highest BCUT2D eigenvalue weighted by Crippen LogP contribution is 2.30. The van der Waals surface area contributed by atoms with Gasteiger partial charge >= 0.3 is 0 Å². The lowest BCUT2D eigenvalue weighted by molar-refractivity contribution is 0.102. The number of nitrogens with one attached hydrogen (secondary N) is 1. The Bertz CT molecular complexity index is 981. The minimum atomic E-state index is -0.359. The maximum Gasteiger partial charge on any atom is 0.259 e. The molecule has 2 aromatic carbocycles. The van der Waals surface area contributed by atoms with Gasteiger partial charge in [-0.1, -0.05) is 18.5 Å². The molecular formula is C20H20ClN3O3. The van der Waals surface area contributed by atoms with Crippen LogP contribution in [0.4, 0.5) is 5.69 Å². The van der Waals surface area contributed by atoms with Crippen LogP contribution in [-0.4, -0.2) is 27.9 Å². The Morgan fingerprint density at radius 2 is 2.00 bits per heavy atom. The molecule has 0 atom stereocenters. The first-order valence-corrected chi connectivity index (χ1v) is 8.84. The molecule has 0 radical (unpaired) electrons. The van der Waals surface area contributed by atoms with E-state index >= 15 is 0 Å². The minimum Gasteiger partial charge on any atom is -0.506 e. The van der Waals surface area contributed by atoms with Gasteiger partial charge in [-0.3, -0.25) is 4.79 Å². The molecule has 0 unspecified atom stereocenters. The predicted octanol–water partition coefficient (Wildman–Crippen LogP) is 4.36. The summed E-state index contributed by atoms with van der Waals surface area (Å²) in [5.41, 5.74) is 3.01. The van der Waals surface area contributed by atoms with Crippen molar-refractivity contribution < 1.29 is 14.6 Å². The average molecular weight is 386 g/mol. The van der Waals surface area contributed by atoms with E-state index in [0.29, 0.717) is 17.0 Å². The van der Waals surface area contributed by atoms with Gasteiger partial charge in [0.15, 0.2) is 0 Å². The first kappa shape index (κ1) is 18.8. The number of ether oxygens (including phenoxy) is 1. The summed E-state index contributed by atoms with van der Waals surface area (Å²) >= 11 is 6.09. The zero-order valence-electron chi connectivity index (χ0n) is 15.3. The van der Waals surface area contributed by atoms with Crippen LogP contribution < -0.4 is 10.1 Å². The summed E-state index contributed by atoms with van der Waals surface area (Å²) in [5.74, 6) is 0.348. The summed E-state index contributed by atoms with van der Waals surface area (Å²) in [6.45, 7) is 3.73. The van der Waals surface area contributed by atoms with Crippen LogP contribution in [0.2, 0.25) is 5.02 Å². The fourth-order valence-corrected chi connectivity index (χ4v) is 2.97. The number of hydrogen-bond acceptors (Lipinski definition) is 4. The van der Waals surface area contributed by atoms with E-state index in [1.54, 1.807) is 18.7 Å². The van der Waals surface area contributed by atoms with E-state index in [4.69, 9.17) is 16.3 Å². The van der Waals surface area contributed by atoms with Crippen molar-refractivity contribution in [2.45, 2.75) is 20.3 Å². The molecule has 2 N–H and O–H groups in total. The molecule has 1 aromatic heterocycles. The van der Waals surface area contributed by atoms with E-state index in [-0.39, 0.29) is 17.3 Å². The first-order valence-electron chi connectivity index (χ1n) is 8.46. The van der Waals surface area contributed by atoms with Gasteiger partial charge in [-0.15, -0.1) is 0 Å². The Morgan fingerprint density at radius 1 is 1.30 bits per heavy atom. The Balaban J connectivity index is 1.92. The molecule has 0 saturated carbocycles. The second kappa shape index (κ2) is 7.72. The Morgan fingerprint density at radius 3 is 2.63 bits per heavy atom. The number of carbonyl (C=O) groups is 1. The molecule has 3 rings (SSSR count). The molecule has 0 spiro atoms. The molecular weight excluding hydrogens is 366 g/mol. The second-order valence-electron chi connectivity index (χ2n) is 6.04. The molecule has 1 amide bonds. The standard InChI is InChI=1S/C20H20ClN3O3/c1-4-18-15(11-22-24(18)13-5-7-14(27-3)8-6-13)20(26)23-17-10-16(21)12(2)9-19(17)25/h5-11,25H,4H2,1-3H3,(H,23,26). The molecule has 0 aliphatic heterocycles. The number of carbonyl (C=O) groups excluding carboxylic acids is 1. The summed E-state index contributed by atoms with van der Waals surface area (Å²) in [4.78, 5) is 12.7. The minimum absolute atomic E-state index is 0.0363. The number of amides is 1. The van der Waals surface area contributed by atoms with Gasteiger partial charge in [0.1, 0.15) is 11.5 Å². The number of phenolic OH excluding ortho intramolecular Hbond substituents is 1. The number of hydrogen-bond donors (Lipinski definition) is 2. The number of methoxy groups -OCH3 is 1. The van der Waals surface area contributed by atoms with Crippen LogP contribution in [-0.2, 0) is 6.42 Å². The van der Waals surface area contributed by atoms with Crippen LogP contribution in [0.15, 0.2) is 42.6 Å². The third-order valence-corrected chi connectivity index (χ3v) is 4.70. The third-order valence-electron chi connectivity index (χ3n) is 4.29. The van der Waals surface area contributed by atoms with Gasteiger partial charge in [-0.2, -0.15) is 5.10 Å². The van der Waals surface area contributed by atoms with Crippen molar-refractivity contribution in [2.75, 3.05) is 12.4 Å². The maximum absolute atomic E-state index is 12.7. The monoisotopic (exact) mass is 385 g/mol. The van der Waals surface area contributed by atoms with Gasteiger partial charge in [0.05, 0.1) is 35.9 Å². The number of benzene rings is 2. The smallest absolute Gasteiger partial charge is 0.259 e. The summed E-state index contributed by atoms with van der Waals surface area (Å²) in [6, 6.07) is 10.5. The Hall–Kier alpha value is -2.99. The van der Waals surface area contributed by atoms with E-state index in [1.807, 2.05) is 31.2 Å². The van der Waals surface area contributed by atoms with Crippen LogP contribution >= 0.6 is 11.6 Å². The maximum atomic E-state index is 12.7. The number of aromatic hydroxyl groups is 1. The molecule has 0 bridgehead atoms. The highest BCUT2D eigenvalue weighted by atomic mass is 35.5. The van der Waals surface area contributed by atoms with Crippen molar-refractivity contribution in [1.29, 1.82) is 0 Å². The van der Waals surface area contributed by atoms with E-state index in [0.717, 1.165) is 22.7 Å². The fourth-order valence-electron chi connectivity index (χ4n) is 2.81. The molecule has 7 heteroatoms. The molecule has 0 fully saturated rings. The summed E-state index contributed by atoms with van der Waals surface area (Å²) in [6.07, 6.45) is 2.13. The quantitative estimate of drug-likeness (QED) is 0.639. The number of aryl methyl sites for hydroxylation is 1. The van der Waals surface area contributed by atoms with Gasteiger partial charge in [0, 0.05) is 5.02 Å². The van der Waals surface area contributed by atoms with Crippen molar-refractivity contribution in [2.24, 2.45) is 0 Å². The van der Waals surface area contributed by atoms with Gasteiger partial charge < -0.3 is 15.2 Å². The molecule has 0 saturated heterocycles. The van der Waals surface area contributed by atoms with Crippen molar-refractivity contribution >= 4 is 23.2 Å². The van der Waals surface area contributed by atoms with Crippen molar-refractivity contribution in [3.8, 4) is 17.2 Å². The largest absolute Gasteiger partial charge is 0.506 e. The lowest BCUT2D eigenvalue weighted by atomic mass is 10.1. The van der Waals surface area contributed by atoms with E-state index in [1.165, 1.54) is 18.3 Å². The second-order valence-corrected chi connectivity index (χ2v) is 6.45. The van der Waals surface area contributed by atoms with Crippen LogP contribution in [0.3, 0.4) is 0 Å². The topological polar surface area (TPSA) is 76.4 Å². The van der Waals surface area contributed by atoms with Crippen molar-refractivity contribution in [3.63, 3.8) is 0 Å². The molecule has 140 valence electrons. The lowest BCUT2D eigenvalue weighted by Crippen LogP contribution is -2.14.